The van der Waals surface area contributed by atoms with Crippen molar-refractivity contribution < 1.29 is 4.79 Å². The van der Waals surface area contributed by atoms with Crippen LogP contribution in [0.5, 0.6) is 0 Å². The zero-order valence-electron chi connectivity index (χ0n) is 11.6. The summed E-state index contributed by atoms with van der Waals surface area (Å²) in [4.78, 5) is 18.3. The van der Waals surface area contributed by atoms with E-state index in [0.717, 1.165) is 31.8 Å². The highest BCUT2D eigenvalue weighted by atomic mass is 16.2. The second kappa shape index (κ2) is 6.02. The first-order valence-corrected chi connectivity index (χ1v) is 6.83. The molecule has 1 aliphatic heterocycles. The molecule has 0 aliphatic carbocycles. The van der Waals surface area contributed by atoms with Gasteiger partial charge in [0.05, 0.1) is 5.56 Å². The topological polar surface area (TPSA) is 71.2 Å². The second-order valence-electron chi connectivity index (χ2n) is 5.45. The maximum absolute atomic E-state index is 12.3. The number of nitrogens with zero attached hydrogens (tertiary/aromatic N) is 2. The van der Waals surface area contributed by atoms with E-state index < -0.39 is 0 Å². The Hall–Kier alpha value is -1.62. The fraction of sp³-hybridized carbons (Fsp3) is 0.571. The lowest BCUT2D eigenvalue weighted by molar-refractivity contribution is 0.0667. The molecule has 0 atom stereocenters. The third kappa shape index (κ3) is 3.23. The minimum atomic E-state index is 0.0678. The average Bonchev–Trinajstić information content (AvgIpc) is 2.46. The van der Waals surface area contributed by atoms with Gasteiger partial charge in [-0.3, -0.25) is 4.79 Å². The number of rotatable bonds is 3. The fourth-order valence-electron chi connectivity index (χ4n) is 2.56. The van der Waals surface area contributed by atoms with Crippen LogP contribution in [0.1, 0.15) is 37.0 Å². The number of likely N-dealkylation sites (tertiary alicyclic amines) is 1. The van der Waals surface area contributed by atoms with Crippen LogP contribution in [0.25, 0.3) is 0 Å². The number of carbonyl (C=O) groups is 1. The van der Waals surface area contributed by atoms with Crippen molar-refractivity contribution in [1.82, 2.24) is 9.88 Å². The van der Waals surface area contributed by atoms with Gasteiger partial charge < -0.3 is 10.3 Å². The van der Waals surface area contributed by atoms with Gasteiger partial charge in [0, 0.05) is 19.3 Å². The van der Waals surface area contributed by atoms with E-state index in [9.17, 15) is 4.79 Å². The third-order valence-electron chi connectivity index (χ3n) is 3.93. The zero-order valence-corrected chi connectivity index (χ0v) is 11.6. The van der Waals surface area contributed by atoms with Crippen molar-refractivity contribution >= 4 is 11.7 Å². The number of hydrogen-bond acceptors (Lipinski definition) is 4. The van der Waals surface area contributed by atoms with Crippen molar-refractivity contribution in [3.8, 4) is 0 Å². The minimum absolute atomic E-state index is 0.0678. The zero-order chi connectivity index (χ0) is 13.8. The molecule has 1 aliphatic rings. The Morgan fingerprint density at radius 3 is 2.58 bits per heavy atom. The first kappa shape index (κ1) is 13.8. The van der Waals surface area contributed by atoms with Crippen LogP contribution in [-0.2, 0) is 0 Å². The standard InChI is InChI=1S/C14H22N4O/c1-10(2)11-5-7-18(8-6-11)14(19)12-3-4-13(17-15)16-9-12/h3-4,9-11H,5-8,15H2,1-2H3,(H,16,17). The number of hydrogen-bond donors (Lipinski definition) is 2. The molecule has 1 aromatic heterocycles. The monoisotopic (exact) mass is 262 g/mol. The van der Waals surface area contributed by atoms with Gasteiger partial charge in [0.25, 0.3) is 5.91 Å². The number of nitrogens with one attached hydrogen (secondary N) is 1. The van der Waals surface area contributed by atoms with Gasteiger partial charge in [0.15, 0.2) is 0 Å². The highest BCUT2D eigenvalue weighted by molar-refractivity contribution is 5.94. The lowest BCUT2D eigenvalue weighted by Crippen LogP contribution is -2.39. The van der Waals surface area contributed by atoms with Crippen LogP contribution >= 0.6 is 0 Å². The highest BCUT2D eigenvalue weighted by Crippen LogP contribution is 2.25. The Balaban J connectivity index is 1.97. The highest BCUT2D eigenvalue weighted by Gasteiger charge is 2.25. The number of aromatic nitrogens is 1. The van der Waals surface area contributed by atoms with Crippen molar-refractivity contribution in [3.05, 3.63) is 23.9 Å². The molecule has 0 aromatic carbocycles. The van der Waals surface area contributed by atoms with Crippen LogP contribution in [-0.4, -0.2) is 28.9 Å². The van der Waals surface area contributed by atoms with E-state index in [1.807, 2.05) is 4.90 Å². The number of anilines is 1. The van der Waals surface area contributed by atoms with Crippen LogP contribution in [0, 0.1) is 11.8 Å². The quantitative estimate of drug-likeness (QED) is 0.644. The van der Waals surface area contributed by atoms with E-state index in [4.69, 9.17) is 5.84 Å². The van der Waals surface area contributed by atoms with E-state index in [1.54, 1.807) is 18.3 Å². The predicted molar refractivity (Wildman–Crippen MR) is 75.5 cm³/mol. The van der Waals surface area contributed by atoms with Gasteiger partial charge in [-0.1, -0.05) is 13.8 Å². The van der Waals surface area contributed by atoms with E-state index in [-0.39, 0.29) is 5.91 Å². The van der Waals surface area contributed by atoms with Gasteiger partial charge in [-0.05, 0) is 36.8 Å². The molecule has 0 bridgehead atoms. The molecular formula is C14H22N4O. The molecule has 1 fully saturated rings. The van der Waals surface area contributed by atoms with E-state index >= 15 is 0 Å². The molecular weight excluding hydrogens is 240 g/mol. The number of piperidine rings is 1. The maximum Gasteiger partial charge on any atom is 0.255 e. The van der Waals surface area contributed by atoms with Crippen LogP contribution in [0.4, 0.5) is 5.82 Å². The van der Waals surface area contributed by atoms with Gasteiger partial charge in [-0.25, -0.2) is 10.8 Å². The number of carbonyl (C=O) groups excluding carboxylic acids is 1. The van der Waals surface area contributed by atoms with E-state index in [1.165, 1.54) is 0 Å². The Kier molecular flexibility index (Phi) is 4.37. The summed E-state index contributed by atoms with van der Waals surface area (Å²) < 4.78 is 0. The molecule has 5 heteroatoms. The molecule has 0 saturated carbocycles. The van der Waals surface area contributed by atoms with Crippen LogP contribution in [0.2, 0.25) is 0 Å². The number of pyridine rings is 1. The summed E-state index contributed by atoms with van der Waals surface area (Å²) in [6.45, 7) is 6.20. The molecule has 19 heavy (non-hydrogen) atoms. The first-order chi connectivity index (χ1) is 9.11. The van der Waals surface area contributed by atoms with Crippen molar-refractivity contribution in [2.45, 2.75) is 26.7 Å². The summed E-state index contributed by atoms with van der Waals surface area (Å²) in [6.07, 6.45) is 3.77. The summed E-state index contributed by atoms with van der Waals surface area (Å²) >= 11 is 0. The second-order valence-corrected chi connectivity index (χ2v) is 5.45. The molecule has 1 amide bonds. The molecule has 0 radical (unpaired) electrons. The lowest BCUT2D eigenvalue weighted by atomic mass is 9.86. The van der Waals surface area contributed by atoms with Crippen molar-refractivity contribution in [1.29, 1.82) is 0 Å². The van der Waals surface area contributed by atoms with E-state index in [0.29, 0.717) is 17.3 Å². The molecule has 2 heterocycles. The van der Waals surface area contributed by atoms with E-state index in [2.05, 4.69) is 24.3 Å². The summed E-state index contributed by atoms with van der Waals surface area (Å²) in [5, 5.41) is 0. The van der Waals surface area contributed by atoms with Crippen LogP contribution in [0.3, 0.4) is 0 Å². The summed E-state index contributed by atoms with van der Waals surface area (Å²) in [6, 6.07) is 3.48. The number of amides is 1. The van der Waals surface area contributed by atoms with Crippen LogP contribution < -0.4 is 11.3 Å². The molecule has 3 N–H and O–H groups in total. The van der Waals surface area contributed by atoms with Gasteiger partial charge >= 0.3 is 0 Å². The van der Waals surface area contributed by atoms with Crippen molar-refractivity contribution in [3.63, 3.8) is 0 Å². The maximum atomic E-state index is 12.3. The molecule has 0 spiro atoms. The van der Waals surface area contributed by atoms with Crippen molar-refractivity contribution in [2.24, 2.45) is 17.7 Å². The largest absolute Gasteiger partial charge is 0.339 e. The van der Waals surface area contributed by atoms with Gasteiger partial charge in [0.2, 0.25) is 0 Å². The molecule has 2 rings (SSSR count). The third-order valence-corrected chi connectivity index (χ3v) is 3.93. The molecule has 0 unspecified atom stereocenters. The van der Waals surface area contributed by atoms with Gasteiger partial charge in [-0.15, -0.1) is 0 Å². The summed E-state index contributed by atoms with van der Waals surface area (Å²) in [7, 11) is 0. The molecule has 104 valence electrons. The SMILES string of the molecule is CC(C)C1CCN(C(=O)c2ccc(NN)nc2)CC1. The number of nitrogens with two attached hydrogens (primary N) is 1. The van der Waals surface area contributed by atoms with Crippen LogP contribution in [0.15, 0.2) is 18.3 Å². The predicted octanol–water partition coefficient (Wildman–Crippen LogP) is 1.88. The Bertz CT molecular complexity index is 422. The van der Waals surface area contributed by atoms with Crippen molar-refractivity contribution in [2.75, 3.05) is 18.5 Å². The lowest BCUT2D eigenvalue weighted by Gasteiger charge is -2.33. The minimum Gasteiger partial charge on any atom is -0.339 e. The number of nitrogen functional groups attached to an aromatic ring is 1. The fourth-order valence-corrected chi connectivity index (χ4v) is 2.56. The first-order valence-electron chi connectivity index (χ1n) is 6.83. The van der Waals surface area contributed by atoms with Gasteiger partial charge in [0.1, 0.15) is 5.82 Å². The normalized spacial score (nSPS) is 16.7. The number of hydrazine groups is 1. The van der Waals surface area contributed by atoms with Gasteiger partial charge in [-0.2, -0.15) is 0 Å². The summed E-state index contributed by atoms with van der Waals surface area (Å²) in [5.41, 5.74) is 3.08. The smallest absolute Gasteiger partial charge is 0.255 e. The Labute approximate surface area is 114 Å². The molecule has 5 nitrogen and oxygen atoms in total. The molecule has 1 aromatic rings. The Morgan fingerprint density at radius 2 is 2.11 bits per heavy atom. The molecule has 1 saturated heterocycles. The average molecular weight is 262 g/mol. The Morgan fingerprint density at radius 1 is 1.42 bits per heavy atom. The summed E-state index contributed by atoms with van der Waals surface area (Å²) in [5.74, 6) is 7.33.